The molecule has 3 aromatic rings. The molecule has 0 saturated heterocycles. The highest BCUT2D eigenvalue weighted by atomic mass is 16.5. The van der Waals surface area contributed by atoms with Crippen LogP contribution in [-0.2, 0) is 11.3 Å². The highest BCUT2D eigenvalue weighted by Crippen LogP contribution is 2.15. The van der Waals surface area contributed by atoms with Gasteiger partial charge in [0.25, 0.3) is 5.91 Å². The van der Waals surface area contributed by atoms with E-state index in [2.05, 4.69) is 10.6 Å². The molecule has 0 bridgehead atoms. The molecule has 0 aliphatic rings. The van der Waals surface area contributed by atoms with Crippen LogP contribution in [0.15, 0.2) is 77.4 Å². The van der Waals surface area contributed by atoms with E-state index in [1.807, 2.05) is 42.3 Å². The average molecular weight is 407 g/mol. The number of carbonyl (C=O) groups excluding carboxylic acids is 2. The summed E-state index contributed by atoms with van der Waals surface area (Å²) >= 11 is 0. The maximum atomic E-state index is 12.5. The minimum absolute atomic E-state index is 0.181. The topological polar surface area (TPSA) is 83.8 Å². The molecular formula is C23H25N3O4. The Bertz CT molecular complexity index is 942. The van der Waals surface area contributed by atoms with E-state index in [-0.39, 0.29) is 24.9 Å². The molecular weight excluding hydrogens is 382 g/mol. The predicted octanol–water partition coefficient (Wildman–Crippen LogP) is 3.16. The van der Waals surface area contributed by atoms with E-state index in [1.54, 1.807) is 42.7 Å². The van der Waals surface area contributed by atoms with Gasteiger partial charge in [0.2, 0.25) is 5.91 Å². The molecule has 0 aliphatic carbocycles. The Morgan fingerprint density at radius 2 is 1.77 bits per heavy atom. The first-order chi connectivity index (χ1) is 14.6. The first-order valence-corrected chi connectivity index (χ1v) is 9.67. The van der Waals surface area contributed by atoms with Crippen LogP contribution in [0.1, 0.15) is 16.1 Å². The summed E-state index contributed by atoms with van der Waals surface area (Å²) in [5.41, 5.74) is 0.862. The number of benzene rings is 2. The third-order valence-electron chi connectivity index (χ3n) is 4.35. The number of hydrogen-bond acceptors (Lipinski definition) is 5. The van der Waals surface area contributed by atoms with Crippen LogP contribution in [0.4, 0.5) is 5.69 Å². The fourth-order valence-corrected chi connectivity index (χ4v) is 2.82. The number of anilines is 1. The van der Waals surface area contributed by atoms with E-state index >= 15 is 0 Å². The number of carbonyl (C=O) groups is 2. The minimum atomic E-state index is -0.285. The summed E-state index contributed by atoms with van der Waals surface area (Å²) in [6.07, 6.45) is 1.55. The molecule has 2 aromatic carbocycles. The maximum absolute atomic E-state index is 12.5. The van der Waals surface area contributed by atoms with Gasteiger partial charge in [-0.2, -0.15) is 0 Å². The van der Waals surface area contributed by atoms with Gasteiger partial charge >= 0.3 is 0 Å². The fourth-order valence-electron chi connectivity index (χ4n) is 2.82. The number of hydrogen-bond donors (Lipinski definition) is 2. The zero-order valence-electron chi connectivity index (χ0n) is 16.8. The Kier molecular flexibility index (Phi) is 7.63. The lowest BCUT2D eigenvalue weighted by molar-refractivity contribution is -0.117. The molecule has 0 unspecified atom stereocenters. The van der Waals surface area contributed by atoms with Gasteiger partial charge in [-0.3, -0.25) is 14.5 Å². The molecule has 1 heterocycles. The molecule has 0 saturated carbocycles. The molecule has 0 atom stereocenters. The van der Waals surface area contributed by atoms with E-state index < -0.39 is 0 Å². The van der Waals surface area contributed by atoms with Crippen LogP contribution in [-0.4, -0.2) is 43.5 Å². The molecule has 156 valence electrons. The van der Waals surface area contributed by atoms with Gasteiger partial charge in [0.15, 0.2) is 0 Å². The summed E-state index contributed by atoms with van der Waals surface area (Å²) in [7, 11) is 1.84. The number of nitrogens with zero attached hydrogens (tertiary/aromatic N) is 1. The Morgan fingerprint density at radius 1 is 1.00 bits per heavy atom. The van der Waals surface area contributed by atoms with Crippen LogP contribution in [0, 0.1) is 0 Å². The number of nitrogens with one attached hydrogen (secondary N) is 2. The number of amides is 2. The molecule has 0 aliphatic heterocycles. The first kappa shape index (κ1) is 21.1. The molecule has 0 spiro atoms. The highest BCUT2D eigenvalue weighted by Gasteiger charge is 2.14. The lowest BCUT2D eigenvalue weighted by atomic mass is 10.1. The van der Waals surface area contributed by atoms with Gasteiger partial charge < -0.3 is 19.8 Å². The quantitative estimate of drug-likeness (QED) is 0.539. The zero-order chi connectivity index (χ0) is 21.2. The first-order valence-electron chi connectivity index (χ1n) is 9.67. The van der Waals surface area contributed by atoms with Crippen LogP contribution in [0.3, 0.4) is 0 Å². The van der Waals surface area contributed by atoms with Gasteiger partial charge in [-0.05, 0) is 43.4 Å². The summed E-state index contributed by atoms with van der Waals surface area (Å²) in [4.78, 5) is 26.8. The van der Waals surface area contributed by atoms with Crippen molar-refractivity contribution in [1.29, 1.82) is 0 Å². The molecule has 7 heteroatoms. The minimum Gasteiger partial charge on any atom is -0.492 e. The van der Waals surface area contributed by atoms with Crippen molar-refractivity contribution in [2.24, 2.45) is 0 Å². The maximum Gasteiger partial charge on any atom is 0.253 e. The number of furan rings is 1. The fraction of sp³-hybridized carbons (Fsp3) is 0.217. The predicted molar refractivity (Wildman–Crippen MR) is 114 cm³/mol. The third-order valence-corrected chi connectivity index (χ3v) is 4.35. The van der Waals surface area contributed by atoms with Crippen molar-refractivity contribution in [1.82, 2.24) is 10.2 Å². The van der Waals surface area contributed by atoms with Gasteiger partial charge in [-0.25, -0.2) is 0 Å². The van der Waals surface area contributed by atoms with Crippen molar-refractivity contribution in [2.45, 2.75) is 6.54 Å². The molecule has 3 rings (SSSR count). The lowest BCUT2D eigenvalue weighted by Crippen LogP contribution is -2.33. The van der Waals surface area contributed by atoms with Crippen molar-refractivity contribution in [2.75, 3.05) is 32.1 Å². The van der Waals surface area contributed by atoms with Gasteiger partial charge in [-0.1, -0.05) is 30.3 Å². The largest absolute Gasteiger partial charge is 0.492 e. The Hall–Kier alpha value is -3.58. The third kappa shape index (κ3) is 6.49. The van der Waals surface area contributed by atoms with E-state index in [1.165, 1.54) is 0 Å². The second-order valence-electron chi connectivity index (χ2n) is 6.76. The smallest absolute Gasteiger partial charge is 0.253 e. The van der Waals surface area contributed by atoms with Gasteiger partial charge in [0.1, 0.15) is 18.1 Å². The molecule has 2 amide bonds. The van der Waals surface area contributed by atoms with Crippen LogP contribution < -0.4 is 15.4 Å². The Balaban J connectivity index is 1.47. The van der Waals surface area contributed by atoms with Gasteiger partial charge in [-0.15, -0.1) is 0 Å². The monoisotopic (exact) mass is 407 g/mol. The number of ether oxygens (including phenoxy) is 1. The standard InChI is InChI=1S/C23H25N3O4/c1-26(13-15-30-18-8-3-2-4-9-18)17-22(27)25-21-12-6-5-11-20(21)23(28)24-16-19-10-7-14-29-19/h2-12,14H,13,15-17H2,1H3,(H,24,28)(H,25,27). The molecule has 7 nitrogen and oxygen atoms in total. The summed E-state index contributed by atoms with van der Waals surface area (Å²) in [6, 6.07) is 20.0. The van der Waals surface area contributed by atoms with Crippen molar-refractivity contribution < 1.29 is 18.7 Å². The second kappa shape index (κ2) is 10.8. The summed E-state index contributed by atoms with van der Waals surface area (Å²) in [5.74, 6) is 0.962. The summed E-state index contributed by atoms with van der Waals surface area (Å²) in [6.45, 7) is 1.52. The van der Waals surface area contributed by atoms with Crippen LogP contribution in [0.25, 0.3) is 0 Å². The molecule has 2 N–H and O–H groups in total. The number of rotatable bonds is 10. The molecule has 1 aromatic heterocycles. The second-order valence-corrected chi connectivity index (χ2v) is 6.76. The van der Waals surface area contributed by atoms with Gasteiger partial charge in [0.05, 0.1) is 30.6 Å². The number of para-hydroxylation sites is 2. The van der Waals surface area contributed by atoms with E-state index in [9.17, 15) is 9.59 Å². The number of likely N-dealkylation sites (N-methyl/N-ethyl adjacent to an activating group) is 1. The normalized spacial score (nSPS) is 10.6. The molecule has 30 heavy (non-hydrogen) atoms. The van der Waals surface area contributed by atoms with Crippen molar-refractivity contribution >= 4 is 17.5 Å². The SMILES string of the molecule is CN(CCOc1ccccc1)CC(=O)Nc1ccccc1C(=O)NCc1ccco1. The van der Waals surface area contributed by atoms with Gasteiger partial charge in [0, 0.05) is 6.54 Å². The summed E-state index contributed by atoms with van der Waals surface area (Å²) < 4.78 is 10.9. The molecule has 0 fully saturated rings. The van der Waals surface area contributed by atoms with Crippen LogP contribution >= 0.6 is 0 Å². The Morgan fingerprint density at radius 3 is 2.53 bits per heavy atom. The van der Waals surface area contributed by atoms with E-state index in [0.717, 1.165) is 5.75 Å². The van der Waals surface area contributed by atoms with E-state index in [0.29, 0.717) is 30.2 Å². The van der Waals surface area contributed by atoms with E-state index in [4.69, 9.17) is 9.15 Å². The highest BCUT2D eigenvalue weighted by molar-refractivity contribution is 6.04. The average Bonchev–Trinajstić information content (AvgIpc) is 3.27. The Labute approximate surface area is 175 Å². The molecule has 0 radical (unpaired) electrons. The lowest BCUT2D eigenvalue weighted by Gasteiger charge is -2.17. The summed E-state index contributed by atoms with van der Waals surface area (Å²) in [5, 5.41) is 5.61. The van der Waals surface area contributed by atoms with Crippen molar-refractivity contribution in [3.8, 4) is 5.75 Å². The zero-order valence-corrected chi connectivity index (χ0v) is 16.8. The van der Waals surface area contributed by atoms with Crippen molar-refractivity contribution in [3.05, 3.63) is 84.3 Å². The van der Waals surface area contributed by atoms with Crippen LogP contribution in [0.5, 0.6) is 5.75 Å². The van der Waals surface area contributed by atoms with Crippen LogP contribution in [0.2, 0.25) is 0 Å². The van der Waals surface area contributed by atoms with Crippen molar-refractivity contribution in [3.63, 3.8) is 0 Å².